The molecule has 3 rings (SSSR count). The topological polar surface area (TPSA) is 62.2 Å². The summed E-state index contributed by atoms with van der Waals surface area (Å²) in [4.78, 5) is 13.8. The molecule has 0 radical (unpaired) electrons. The zero-order chi connectivity index (χ0) is 15.5. The van der Waals surface area contributed by atoms with Gasteiger partial charge in [-0.15, -0.1) is 4.91 Å². The fraction of sp³-hybridized carbons (Fsp3) is 0.0625. The molecule has 110 valence electrons. The molecule has 2 N–H and O–H groups in total. The lowest BCUT2D eigenvalue weighted by Gasteiger charge is -2.12. The van der Waals surface area contributed by atoms with Crippen LogP contribution < -0.4 is 5.43 Å². The number of H-pyrrole nitrogens is 1. The molecule has 22 heavy (non-hydrogen) atoms. The van der Waals surface area contributed by atoms with Crippen LogP contribution in [0.2, 0.25) is 0 Å². The number of nitrogens with one attached hydrogen (secondary N) is 2. The summed E-state index contributed by atoms with van der Waals surface area (Å²) >= 11 is 5.38. The third kappa shape index (κ3) is 2.68. The Morgan fingerprint density at radius 2 is 1.91 bits per heavy atom. The van der Waals surface area contributed by atoms with Gasteiger partial charge in [0.2, 0.25) is 0 Å². The third-order valence-electron chi connectivity index (χ3n) is 3.32. The summed E-state index contributed by atoms with van der Waals surface area (Å²) in [5.74, 6) is 0. The minimum absolute atomic E-state index is 0.366. The van der Waals surface area contributed by atoms with Crippen LogP contribution in [0.3, 0.4) is 0 Å². The van der Waals surface area contributed by atoms with E-state index in [0.29, 0.717) is 10.5 Å². The van der Waals surface area contributed by atoms with Gasteiger partial charge in [-0.2, -0.15) is 0 Å². The average molecular weight is 310 g/mol. The van der Waals surface area contributed by atoms with Crippen molar-refractivity contribution in [2.75, 3.05) is 5.43 Å². The first-order chi connectivity index (χ1) is 10.7. The van der Waals surface area contributed by atoms with Crippen LogP contribution in [0.1, 0.15) is 5.69 Å². The van der Waals surface area contributed by atoms with Crippen molar-refractivity contribution >= 4 is 23.6 Å². The quantitative estimate of drug-likeness (QED) is 0.538. The molecule has 1 heterocycles. The Balaban J connectivity index is 2.07. The summed E-state index contributed by atoms with van der Waals surface area (Å²) in [5.41, 5.74) is 7.29. The second-order valence-electron chi connectivity index (χ2n) is 4.86. The first-order valence-electron chi connectivity index (χ1n) is 6.76. The minimum Gasteiger partial charge on any atom is -0.333 e. The highest BCUT2D eigenvalue weighted by molar-refractivity contribution is 7.71. The summed E-state index contributed by atoms with van der Waals surface area (Å²) in [7, 11) is 0. The van der Waals surface area contributed by atoms with Crippen molar-refractivity contribution in [1.29, 1.82) is 0 Å². The lowest BCUT2D eigenvalue weighted by atomic mass is 10.1. The van der Waals surface area contributed by atoms with Gasteiger partial charge in [0.05, 0.1) is 11.4 Å². The second-order valence-corrected chi connectivity index (χ2v) is 5.25. The summed E-state index contributed by atoms with van der Waals surface area (Å²) in [6.07, 6.45) is 0. The molecular weight excluding hydrogens is 296 g/mol. The molecule has 2 aromatic carbocycles. The number of imidazole rings is 1. The van der Waals surface area contributed by atoms with Crippen LogP contribution in [0.4, 0.5) is 11.4 Å². The van der Waals surface area contributed by atoms with E-state index in [4.69, 9.17) is 12.2 Å². The van der Waals surface area contributed by atoms with Gasteiger partial charge in [0.15, 0.2) is 4.77 Å². The molecule has 5 nitrogen and oxygen atoms in total. The number of benzene rings is 2. The van der Waals surface area contributed by atoms with E-state index in [1.54, 1.807) is 22.9 Å². The number of nitrogens with zero attached hydrogens (tertiary/aromatic N) is 2. The fourth-order valence-corrected chi connectivity index (χ4v) is 2.64. The van der Waals surface area contributed by atoms with Crippen LogP contribution in [0.25, 0.3) is 11.3 Å². The van der Waals surface area contributed by atoms with Gasteiger partial charge in [-0.3, -0.25) is 5.43 Å². The SMILES string of the molecule is Cc1[nH]c(=S)n(Nc2cccc(N=O)c2)c1-c1ccccc1. The van der Waals surface area contributed by atoms with Crippen LogP contribution in [0, 0.1) is 16.6 Å². The molecule has 0 aliphatic heterocycles. The molecule has 6 heteroatoms. The maximum absolute atomic E-state index is 10.7. The Morgan fingerprint density at radius 3 is 2.64 bits per heavy atom. The number of hydrogen-bond donors (Lipinski definition) is 2. The Hall–Kier alpha value is -2.73. The predicted molar refractivity (Wildman–Crippen MR) is 90.7 cm³/mol. The summed E-state index contributed by atoms with van der Waals surface area (Å²) in [6.45, 7) is 1.97. The zero-order valence-electron chi connectivity index (χ0n) is 11.9. The Morgan fingerprint density at radius 1 is 1.14 bits per heavy atom. The molecule has 1 aromatic heterocycles. The van der Waals surface area contributed by atoms with Gasteiger partial charge in [-0.25, -0.2) is 4.68 Å². The first-order valence-corrected chi connectivity index (χ1v) is 7.17. The molecule has 0 fully saturated rings. The molecule has 0 aliphatic rings. The molecule has 0 atom stereocenters. The fourth-order valence-electron chi connectivity index (χ4n) is 2.35. The minimum atomic E-state index is 0.366. The van der Waals surface area contributed by atoms with Crippen molar-refractivity contribution in [3.63, 3.8) is 0 Å². The third-order valence-corrected chi connectivity index (χ3v) is 3.60. The van der Waals surface area contributed by atoms with Crippen LogP contribution in [-0.4, -0.2) is 9.66 Å². The first kappa shape index (κ1) is 14.2. The lowest BCUT2D eigenvalue weighted by molar-refractivity contribution is 0.942. The normalized spacial score (nSPS) is 10.4. The predicted octanol–water partition coefficient (Wildman–Crippen LogP) is 4.79. The van der Waals surface area contributed by atoms with Crippen LogP contribution in [-0.2, 0) is 0 Å². The molecule has 0 saturated carbocycles. The van der Waals surface area contributed by atoms with E-state index in [1.165, 1.54) is 0 Å². The van der Waals surface area contributed by atoms with Gasteiger partial charge >= 0.3 is 0 Å². The molecule has 0 unspecified atom stereocenters. The smallest absolute Gasteiger partial charge is 0.197 e. The maximum atomic E-state index is 10.7. The van der Waals surface area contributed by atoms with Gasteiger partial charge in [0, 0.05) is 11.3 Å². The monoisotopic (exact) mass is 310 g/mol. The van der Waals surface area contributed by atoms with Crippen LogP contribution in [0.15, 0.2) is 59.8 Å². The molecular formula is C16H14N4OS. The number of hydrogen-bond acceptors (Lipinski definition) is 4. The number of rotatable bonds is 4. The van der Waals surface area contributed by atoms with Crippen molar-refractivity contribution in [3.8, 4) is 11.3 Å². The van der Waals surface area contributed by atoms with Gasteiger partial charge in [0.25, 0.3) is 0 Å². The summed E-state index contributed by atoms with van der Waals surface area (Å²) in [6, 6.07) is 16.9. The number of aromatic nitrogens is 2. The van der Waals surface area contributed by atoms with E-state index in [9.17, 15) is 4.91 Å². The van der Waals surface area contributed by atoms with Crippen molar-refractivity contribution in [3.05, 3.63) is 70.0 Å². The largest absolute Gasteiger partial charge is 0.333 e. The van der Waals surface area contributed by atoms with E-state index in [2.05, 4.69) is 15.6 Å². The molecule has 0 aliphatic carbocycles. The number of nitroso groups, excluding NO2 is 1. The van der Waals surface area contributed by atoms with Gasteiger partial charge in [-0.1, -0.05) is 36.4 Å². The van der Waals surface area contributed by atoms with Gasteiger partial charge in [-0.05, 0) is 42.5 Å². The van der Waals surface area contributed by atoms with Crippen molar-refractivity contribution < 1.29 is 0 Å². The van der Waals surface area contributed by atoms with E-state index in [0.717, 1.165) is 22.6 Å². The molecule has 0 bridgehead atoms. The standard InChI is InChI=1S/C16H14N4OS/c1-11-15(12-6-3-2-4-7-12)20(16(22)17-11)18-13-8-5-9-14(10-13)19-21/h2-10,18H,1H3,(H,17,22). The molecule has 0 spiro atoms. The Kier molecular flexibility index (Phi) is 3.84. The number of aryl methyl sites for hydroxylation is 1. The zero-order valence-corrected chi connectivity index (χ0v) is 12.7. The highest BCUT2D eigenvalue weighted by Gasteiger charge is 2.11. The van der Waals surface area contributed by atoms with Crippen LogP contribution in [0.5, 0.6) is 0 Å². The summed E-state index contributed by atoms with van der Waals surface area (Å²) < 4.78 is 2.35. The maximum Gasteiger partial charge on any atom is 0.197 e. The highest BCUT2D eigenvalue weighted by atomic mass is 32.1. The highest BCUT2D eigenvalue weighted by Crippen LogP contribution is 2.25. The van der Waals surface area contributed by atoms with Crippen molar-refractivity contribution in [1.82, 2.24) is 9.66 Å². The molecule has 0 saturated heterocycles. The van der Waals surface area contributed by atoms with Crippen molar-refractivity contribution in [2.45, 2.75) is 6.92 Å². The summed E-state index contributed by atoms with van der Waals surface area (Å²) in [5, 5.41) is 2.95. The van der Waals surface area contributed by atoms with Gasteiger partial charge in [0.1, 0.15) is 5.69 Å². The number of anilines is 1. The van der Waals surface area contributed by atoms with Crippen LogP contribution >= 0.6 is 12.2 Å². The average Bonchev–Trinajstić information content (AvgIpc) is 2.82. The van der Waals surface area contributed by atoms with E-state index < -0.39 is 0 Å². The Bertz CT molecular complexity index is 867. The molecule has 0 amide bonds. The molecule has 3 aromatic rings. The second kappa shape index (κ2) is 5.95. The van der Waals surface area contributed by atoms with E-state index in [1.807, 2.05) is 43.3 Å². The van der Waals surface area contributed by atoms with Crippen molar-refractivity contribution in [2.24, 2.45) is 5.18 Å². The Labute approximate surface area is 132 Å². The van der Waals surface area contributed by atoms with Gasteiger partial charge < -0.3 is 4.98 Å². The number of aromatic amines is 1. The van der Waals surface area contributed by atoms with E-state index in [-0.39, 0.29) is 0 Å². The van der Waals surface area contributed by atoms with E-state index >= 15 is 0 Å². The lowest BCUT2D eigenvalue weighted by Crippen LogP contribution is -2.10.